The van der Waals surface area contributed by atoms with Gasteiger partial charge in [-0.2, -0.15) is 0 Å². The molecule has 0 saturated heterocycles. The minimum atomic E-state index is 0.419. The molecule has 0 amide bonds. The Labute approximate surface area is 117 Å². The fourth-order valence-corrected chi connectivity index (χ4v) is 2.63. The highest BCUT2D eigenvalue weighted by Crippen LogP contribution is 2.32. The Kier molecular flexibility index (Phi) is 4.39. The molecule has 1 aromatic carbocycles. The first kappa shape index (κ1) is 13.8. The Morgan fingerprint density at radius 3 is 2.68 bits per heavy atom. The predicted molar refractivity (Wildman–Crippen MR) is 76.8 cm³/mol. The topological polar surface area (TPSA) is 57.4 Å². The molecule has 0 radical (unpaired) electrons. The van der Waals surface area contributed by atoms with Crippen molar-refractivity contribution in [1.29, 1.82) is 0 Å². The molecule has 0 bridgehead atoms. The van der Waals surface area contributed by atoms with E-state index in [4.69, 9.17) is 15.2 Å². The van der Waals surface area contributed by atoms with E-state index in [2.05, 4.69) is 11.9 Å². The van der Waals surface area contributed by atoms with Crippen LogP contribution in [0.4, 0.5) is 0 Å². The van der Waals surface area contributed by atoms with Crippen LogP contribution < -0.4 is 15.2 Å². The van der Waals surface area contributed by atoms with Crippen LogP contribution in [0.3, 0.4) is 0 Å². The van der Waals surface area contributed by atoms with Crippen LogP contribution in [-0.2, 0) is 13.2 Å². The van der Waals surface area contributed by atoms with E-state index in [1.807, 2.05) is 25.1 Å². The number of nitrogens with zero attached hydrogens (tertiary/aromatic N) is 1. The number of ether oxygens (including phenoxy) is 2. The maximum atomic E-state index is 5.85. The first-order chi connectivity index (χ1) is 9.15. The Hall–Kier alpha value is -1.59. The van der Waals surface area contributed by atoms with Gasteiger partial charge in [0, 0.05) is 17.0 Å². The van der Waals surface area contributed by atoms with Gasteiger partial charge in [0.2, 0.25) is 0 Å². The summed E-state index contributed by atoms with van der Waals surface area (Å²) < 4.78 is 11.2. The molecule has 0 aliphatic carbocycles. The zero-order valence-corrected chi connectivity index (χ0v) is 12.2. The minimum absolute atomic E-state index is 0.419. The fraction of sp³-hybridized carbons (Fsp3) is 0.357. The zero-order chi connectivity index (χ0) is 13.8. The standard InChI is InChI=1S/C14H18N2O2S/c1-9-10(2)19-13(16-9)8-18-14-11(7-15)5-4-6-12(14)17-3/h4-6H,7-8,15H2,1-3H3. The highest BCUT2D eigenvalue weighted by molar-refractivity contribution is 7.11. The smallest absolute Gasteiger partial charge is 0.166 e. The summed E-state index contributed by atoms with van der Waals surface area (Å²) in [6.45, 7) is 4.92. The van der Waals surface area contributed by atoms with Crippen LogP contribution >= 0.6 is 11.3 Å². The number of methoxy groups -OCH3 is 1. The second-order valence-electron chi connectivity index (χ2n) is 4.19. The molecule has 2 aromatic rings. The average molecular weight is 278 g/mol. The zero-order valence-electron chi connectivity index (χ0n) is 11.4. The Bertz CT molecular complexity index is 525. The molecule has 0 atom stereocenters. The summed E-state index contributed by atoms with van der Waals surface area (Å²) in [6, 6.07) is 5.72. The van der Waals surface area contributed by atoms with Crippen molar-refractivity contribution in [1.82, 2.24) is 4.98 Å². The molecule has 4 nitrogen and oxygen atoms in total. The summed E-state index contributed by atoms with van der Waals surface area (Å²) in [7, 11) is 1.63. The maximum absolute atomic E-state index is 5.85. The first-order valence-corrected chi connectivity index (χ1v) is 6.89. The van der Waals surface area contributed by atoms with E-state index in [0.29, 0.717) is 24.7 Å². The van der Waals surface area contributed by atoms with E-state index in [-0.39, 0.29) is 0 Å². The lowest BCUT2D eigenvalue weighted by molar-refractivity contribution is 0.281. The van der Waals surface area contributed by atoms with Crippen molar-refractivity contribution in [2.45, 2.75) is 27.0 Å². The molecule has 0 spiro atoms. The van der Waals surface area contributed by atoms with Crippen LogP contribution in [0.2, 0.25) is 0 Å². The largest absolute Gasteiger partial charge is 0.493 e. The van der Waals surface area contributed by atoms with Gasteiger partial charge in [-0.15, -0.1) is 11.3 Å². The van der Waals surface area contributed by atoms with Gasteiger partial charge >= 0.3 is 0 Å². The van der Waals surface area contributed by atoms with Crippen LogP contribution in [0.5, 0.6) is 11.5 Å². The lowest BCUT2D eigenvalue weighted by atomic mass is 10.2. The molecular formula is C14H18N2O2S. The molecule has 0 unspecified atom stereocenters. The normalized spacial score (nSPS) is 10.5. The van der Waals surface area contributed by atoms with E-state index >= 15 is 0 Å². The van der Waals surface area contributed by atoms with Gasteiger partial charge in [0.15, 0.2) is 11.5 Å². The summed E-state index contributed by atoms with van der Waals surface area (Å²) in [6.07, 6.45) is 0. The number of benzene rings is 1. The second kappa shape index (κ2) is 6.04. The highest BCUT2D eigenvalue weighted by atomic mass is 32.1. The van der Waals surface area contributed by atoms with E-state index in [1.54, 1.807) is 18.4 Å². The molecule has 19 heavy (non-hydrogen) atoms. The van der Waals surface area contributed by atoms with Crippen molar-refractivity contribution in [2.75, 3.05) is 7.11 Å². The van der Waals surface area contributed by atoms with Crippen LogP contribution in [-0.4, -0.2) is 12.1 Å². The molecule has 0 aliphatic heterocycles. The van der Waals surface area contributed by atoms with Gasteiger partial charge in [-0.25, -0.2) is 4.98 Å². The summed E-state index contributed by atoms with van der Waals surface area (Å²) in [5, 5.41) is 0.962. The third kappa shape index (κ3) is 3.05. The number of nitrogens with two attached hydrogens (primary N) is 1. The summed E-state index contributed by atoms with van der Waals surface area (Å²) in [5.41, 5.74) is 7.72. The minimum Gasteiger partial charge on any atom is -0.493 e. The molecule has 1 aromatic heterocycles. The van der Waals surface area contributed by atoms with Crippen LogP contribution in [0, 0.1) is 13.8 Å². The number of hydrogen-bond donors (Lipinski definition) is 1. The number of rotatable bonds is 5. The van der Waals surface area contributed by atoms with Gasteiger partial charge < -0.3 is 15.2 Å². The second-order valence-corrected chi connectivity index (χ2v) is 5.48. The number of aromatic nitrogens is 1. The molecule has 0 saturated carbocycles. The lowest BCUT2D eigenvalue weighted by Crippen LogP contribution is -2.04. The van der Waals surface area contributed by atoms with Crippen molar-refractivity contribution >= 4 is 11.3 Å². The summed E-state index contributed by atoms with van der Waals surface area (Å²) in [4.78, 5) is 5.68. The van der Waals surface area contributed by atoms with Crippen LogP contribution in [0.25, 0.3) is 0 Å². The third-order valence-electron chi connectivity index (χ3n) is 2.91. The van der Waals surface area contributed by atoms with E-state index in [0.717, 1.165) is 16.3 Å². The predicted octanol–water partition coefficient (Wildman–Crippen LogP) is 2.81. The quantitative estimate of drug-likeness (QED) is 0.913. The van der Waals surface area contributed by atoms with Gasteiger partial charge in [-0.3, -0.25) is 0 Å². The van der Waals surface area contributed by atoms with Gasteiger partial charge in [0.05, 0.1) is 12.8 Å². The van der Waals surface area contributed by atoms with Crippen LogP contribution in [0.1, 0.15) is 21.1 Å². The number of hydrogen-bond acceptors (Lipinski definition) is 5. The van der Waals surface area contributed by atoms with Crippen molar-refractivity contribution in [3.8, 4) is 11.5 Å². The molecular weight excluding hydrogens is 260 g/mol. The number of thiazole rings is 1. The molecule has 0 aliphatic rings. The van der Waals surface area contributed by atoms with Crippen molar-refractivity contribution in [2.24, 2.45) is 5.73 Å². The Morgan fingerprint density at radius 2 is 2.11 bits per heavy atom. The average Bonchev–Trinajstić information content (AvgIpc) is 2.75. The van der Waals surface area contributed by atoms with Gasteiger partial charge in [-0.05, 0) is 19.9 Å². The van der Waals surface area contributed by atoms with Crippen molar-refractivity contribution in [3.63, 3.8) is 0 Å². The van der Waals surface area contributed by atoms with E-state index < -0.39 is 0 Å². The fourth-order valence-electron chi connectivity index (χ4n) is 1.78. The Balaban J connectivity index is 2.18. The maximum Gasteiger partial charge on any atom is 0.166 e. The molecule has 5 heteroatoms. The number of para-hydroxylation sites is 1. The summed E-state index contributed by atoms with van der Waals surface area (Å²) in [5.74, 6) is 1.41. The molecule has 2 rings (SSSR count). The molecule has 2 N–H and O–H groups in total. The molecule has 0 fully saturated rings. The van der Waals surface area contributed by atoms with Crippen LogP contribution in [0.15, 0.2) is 18.2 Å². The van der Waals surface area contributed by atoms with Crippen molar-refractivity contribution in [3.05, 3.63) is 39.3 Å². The highest BCUT2D eigenvalue weighted by Gasteiger charge is 2.11. The van der Waals surface area contributed by atoms with E-state index in [1.165, 1.54) is 4.88 Å². The number of aryl methyl sites for hydroxylation is 2. The molecule has 102 valence electrons. The SMILES string of the molecule is COc1cccc(CN)c1OCc1nc(C)c(C)s1. The monoisotopic (exact) mass is 278 g/mol. The first-order valence-electron chi connectivity index (χ1n) is 6.07. The van der Waals surface area contributed by atoms with Gasteiger partial charge in [0.25, 0.3) is 0 Å². The van der Waals surface area contributed by atoms with Gasteiger partial charge in [0.1, 0.15) is 11.6 Å². The Morgan fingerprint density at radius 1 is 1.32 bits per heavy atom. The van der Waals surface area contributed by atoms with E-state index in [9.17, 15) is 0 Å². The van der Waals surface area contributed by atoms with Crippen molar-refractivity contribution < 1.29 is 9.47 Å². The third-order valence-corrected chi connectivity index (χ3v) is 3.96. The summed E-state index contributed by atoms with van der Waals surface area (Å²) >= 11 is 1.65. The molecule has 1 heterocycles. The van der Waals surface area contributed by atoms with Gasteiger partial charge in [-0.1, -0.05) is 12.1 Å². The lowest BCUT2D eigenvalue weighted by Gasteiger charge is -2.13.